The number of carbonyl (C=O) groups is 1. The van der Waals surface area contributed by atoms with Gasteiger partial charge in [0.1, 0.15) is 11.6 Å². The number of allylic oxidation sites excluding steroid dienone is 2. The molecule has 2 aliphatic rings. The largest absolute Gasteiger partial charge is 0.468 e. The predicted octanol–water partition coefficient (Wildman–Crippen LogP) is 1.65. The Hall–Kier alpha value is -1.13. The number of rotatable bonds is 3. The van der Waals surface area contributed by atoms with Crippen molar-refractivity contribution in [3.63, 3.8) is 0 Å². The molecule has 0 saturated carbocycles. The van der Waals surface area contributed by atoms with Crippen molar-refractivity contribution in [2.24, 2.45) is 0 Å². The minimum atomic E-state index is -0.893. The summed E-state index contributed by atoms with van der Waals surface area (Å²) in [4.78, 5) is 14.0. The predicted molar refractivity (Wildman–Crippen MR) is 73.7 cm³/mol. The van der Waals surface area contributed by atoms with Crippen molar-refractivity contribution in [3.05, 3.63) is 23.8 Å². The molecule has 106 valence electrons. The van der Waals surface area contributed by atoms with E-state index in [1.54, 1.807) is 0 Å². The van der Waals surface area contributed by atoms with E-state index in [0.717, 1.165) is 25.0 Å². The van der Waals surface area contributed by atoms with Crippen LogP contribution in [0.5, 0.6) is 0 Å². The van der Waals surface area contributed by atoms with E-state index >= 15 is 0 Å². The summed E-state index contributed by atoms with van der Waals surface area (Å²) < 4.78 is 4.89. The van der Waals surface area contributed by atoms with Gasteiger partial charge in [0.05, 0.1) is 13.2 Å². The van der Waals surface area contributed by atoms with Crippen molar-refractivity contribution >= 4 is 5.97 Å². The van der Waals surface area contributed by atoms with Gasteiger partial charge in [0.15, 0.2) is 0 Å². The van der Waals surface area contributed by atoms with E-state index in [4.69, 9.17) is 4.74 Å². The number of hydrogen-bond donors (Lipinski definition) is 1. The first-order valence-corrected chi connectivity index (χ1v) is 6.95. The molecule has 1 heterocycles. The first-order chi connectivity index (χ1) is 9.03. The molecule has 3 unspecified atom stereocenters. The van der Waals surface area contributed by atoms with Crippen LogP contribution in [-0.2, 0) is 9.53 Å². The number of aliphatic hydroxyl groups is 1. The van der Waals surface area contributed by atoms with E-state index < -0.39 is 5.60 Å². The lowest BCUT2D eigenvalue weighted by Crippen LogP contribution is -2.56. The Morgan fingerprint density at radius 3 is 3.00 bits per heavy atom. The van der Waals surface area contributed by atoms with Gasteiger partial charge in [-0.1, -0.05) is 30.7 Å². The summed E-state index contributed by atoms with van der Waals surface area (Å²) in [5.74, 6) is -0.196. The Morgan fingerprint density at radius 1 is 1.63 bits per heavy atom. The fourth-order valence-electron chi connectivity index (χ4n) is 3.29. The SMILES string of the molecule is CCC1(O)C=CC=C(C)C1N1CCCC1C(=O)OC. The molecule has 19 heavy (non-hydrogen) atoms. The van der Waals surface area contributed by atoms with Crippen LogP contribution in [0.1, 0.15) is 33.1 Å². The fourth-order valence-corrected chi connectivity index (χ4v) is 3.29. The average molecular weight is 265 g/mol. The Bertz CT molecular complexity index is 416. The maximum atomic E-state index is 11.9. The van der Waals surface area contributed by atoms with Crippen molar-refractivity contribution in [3.8, 4) is 0 Å². The second-order valence-corrected chi connectivity index (χ2v) is 5.44. The molecule has 3 atom stereocenters. The third kappa shape index (κ3) is 2.47. The molecular weight excluding hydrogens is 242 g/mol. The molecule has 4 heteroatoms. The van der Waals surface area contributed by atoms with E-state index in [9.17, 15) is 9.90 Å². The Kier molecular flexibility index (Phi) is 4.11. The van der Waals surface area contributed by atoms with Crippen molar-refractivity contribution in [2.45, 2.75) is 50.8 Å². The van der Waals surface area contributed by atoms with E-state index in [-0.39, 0.29) is 18.1 Å². The molecule has 0 spiro atoms. The van der Waals surface area contributed by atoms with Crippen LogP contribution < -0.4 is 0 Å². The number of carbonyl (C=O) groups excluding carboxylic acids is 1. The molecule has 1 N–H and O–H groups in total. The molecule has 4 nitrogen and oxygen atoms in total. The van der Waals surface area contributed by atoms with Gasteiger partial charge in [-0.3, -0.25) is 9.69 Å². The Balaban J connectivity index is 2.30. The van der Waals surface area contributed by atoms with Gasteiger partial charge in [-0.15, -0.1) is 0 Å². The zero-order valence-electron chi connectivity index (χ0n) is 11.9. The minimum Gasteiger partial charge on any atom is -0.468 e. The van der Waals surface area contributed by atoms with Crippen LogP contribution in [-0.4, -0.2) is 47.3 Å². The first-order valence-electron chi connectivity index (χ1n) is 6.95. The van der Waals surface area contributed by atoms with Crippen LogP contribution in [0.15, 0.2) is 23.8 Å². The van der Waals surface area contributed by atoms with Gasteiger partial charge < -0.3 is 9.84 Å². The molecule has 0 radical (unpaired) electrons. The highest BCUT2D eigenvalue weighted by Gasteiger charge is 2.45. The number of ether oxygens (including phenoxy) is 1. The molecule has 0 aromatic rings. The Morgan fingerprint density at radius 2 is 2.37 bits per heavy atom. The second-order valence-electron chi connectivity index (χ2n) is 5.44. The van der Waals surface area contributed by atoms with Gasteiger partial charge in [0.25, 0.3) is 0 Å². The maximum absolute atomic E-state index is 11.9. The minimum absolute atomic E-state index is 0.130. The van der Waals surface area contributed by atoms with Crippen molar-refractivity contribution in [1.29, 1.82) is 0 Å². The standard InChI is InChI=1S/C15H23NO3/c1-4-15(18)9-5-7-11(2)13(15)16-10-6-8-12(16)14(17)19-3/h5,7,9,12-13,18H,4,6,8,10H2,1-3H3. The highest BCUT2D eigenvalue weighted by molar-refractivity contribution is 5.76. The summed E-state index contributed by atoms with van der Waals surface area (Å²) in [6.07, 6.45) is 8.16. The summed E-state index contributed by atoms with van der Waals surface area (Å²) >= 11 is 0. The molecule has 1 saturated heterocycles. The molecular formula is C15H23NO3. The summed E-state index contributed by atoms with van der Waals surface area (Å²) in [5, 5.41) is 10.8. The topological polar surface area (TPSA) is 49.8 Å². The molecule has 0 aromatic carbocycles. The molecule has 1 fully saturated rings. The summed E-state index contributed by atoms with van der Waals surface area (Å²) in [6, 6.07) is -0.364. The van der Waals surface area contributed by atoms with Gasteiger partial charge in [-0.05, 0) is 32.7 Å². The Labute approximate surface area is 114 Å². The second kappa shape index (κ2) is 5.47. The van der Waals surface area contributed by atoms with Gasteiger partial charge in [0, 0.05) is 0 Å². The van der Waals surface area contributed by atoms with Crippen molar-refractivity contribution < 1.29 is 14.6 Å². The fraction of sp³-hybridized carbons (Fsp3) is 0.667. The third-order valence-electron chi connectivity index (χ3n) is 4.31. The van der Waals surface area contributed by atoms with Crippen LogP contribution in [0, 0.1) is 0 Å². The molecule has 0 bridgehead atoms. The quantitative estimate of drug-likeness (QED) is 0.788. The number of likely N-dealkylation sites (tertiary alicyclic amines) is 1. The van der Waals surface area contributed by atoms with Gasteiger partial charge >= 0.3 is 5.97 Å². The molecule has 1 aliphatic heterocycles. The average Bonchev–Trinajstić information content (AvgIpc) is 2.86. The number of esters is 1. The maximum Gasteiger partial charge on any atom is 0.323 e. The van der Waals surface area contributed by atoms with E-state index in [2.05, 4.69) is 4.90 Å². The first kappa shape index (κ1) is 14.3. The summed E-state index contributed by atoms with van der Waals surface area (Å²) in [7, 11) is 1.42. The lowest BCUT2D eigenvalue weighted by molar-refractivity contribution is -0.147. The molecule has 0 amide bonds. The van der Waals surface area contributed by atoms with Crippen LogP contribution in [0.4, 0.5) is 0 Å². The lowest BCUT2D eigenvalue weighted by Gasteiger charge is -2.43. The normalized spacial score (nSPS) is 35.3. The number of methoxy groups -OCH3 is 1. The van der Waals surface area contributed by atoms with E-state index in [1.807, 2.05) is 32.1 Å². The third-order valence-corrected chi connectivity index (χ3v) is 4.31. The van der Waals surface area contributed by atoms with Gasteiger partial charge in [-0.25, -0.2) is 0 Å². The zero-order chi connectivity index (χ0) is 14.0. The zero-order valence-corrected chi connectivity index (χ0v) is 11.9. The van der Waals surface area contributed by atoms with Crippen molar-refractivity contribution in [1.82, 2.24) is 4.90 Å². The summed E-state index contributed by atoms with van der Waals surface area (Å²) in [5.41, 5.74) is 0.206. The van der Waals surface area contributed by atoms with Crippen LogP contribution in [0.25, 0.3) is 0 Å². The number of nitrogens with zero attached hydrogens (tertiary/aromatic N) is 1. The molecule has 0 aromatic heterocycles. The van der Waals surface area contributed by atoms with Gasteiger partial charge in [0.2, 0.25) is 0 Å². The lowest BCUT2D eigenvalue weighted by atomic mass is 9.81. The van der Waals surface area contributed by atoms with E-state index in [1.165, 1.54) is 7.11 Å². The molecule has 1 aliphatic carbocycles. The summed E-state index contributed by atoms with van der Waals surface area (Å²) in [6.45, 7) is 4.81. The van der Waals surface area contributed by atoms with Crippen LogP contribution in [0.3, 0.4) is 0 Å². The van der Waals surface area contributed by atoms with Crippen LogP contribution in [0.2, 0.25) is 0 Å². The monoisotopic (exact) mass is 265 g/mol. The van der Waals surface area contributed by atoms with Gasteiger partial charge in [-0.2, -0.15) is 0 Å². The highest BCUT2D eigenvalue weighted by Crippen LogP contribution is 2.35. The number of hydrogen-bond acceptors (Lipinski definition) is 4. The van der Waals surface area contributed by atoms with Crippen molar-refractivity contribution in [2.75, 3.05) is 13.7 Å². The van der Waals surface area contributed by atoms with Crippen LogP contribution >= 0.6 is 0 Å². The smallest absolute Gasteiger partial charge is 0.323 e. The molecule has 2 rings (SSSR count). The van der Waals surface area contributed by atoms with E-state index in [0.29, 0.717) is 6.42 Å². The highest BCUT2D eigenvalue weighted by atomic mass is 16.5.